The van der Waals surface area contributed by atoms with E-state index in [0.29, 0.717) is 11.8 Å². The van der Waals surface area contributed by atoms with Crippen LogP contribution >= 0.6 is 0 Å². The first-order valence-corrected chi connectivity index (χ1v) is 7.70. The summed E-state index contributed by atoms with van der Waals surface area (Å²) in [7, 11) is 1.71. The van der Waals surface area contributed by atoms with Gasteiger partial charge in [-0.3, -0.25) is 4.79 Å². The maximum absolute atomic E-state index is 12.1. The van der Waals surface area contributed by atoms with Crippen molar-refractivity contribution in [3.8, 4) is 11.5 Å². The van der Waals surface area contributed by atoms with E-state index < -0.39 is 12.1 Å². The van der Waals surface area contributed by atoms with Crippen LogP contribution in [0.25, 0.3) is 11.5 Å². The van der Waals surface area contributed by atoms with Gasteiger partial charge in [0.05, 0.1) is 0 Å². The molecule has 0 radical (unpaired) electrons. The van der Waals surface area contributed by atoms with Gasteiger partial charge in [-0.15, -0.1) is 10.2 Å². The average molecular weight is 339 g/mol. The van der Waals surface area contributed by atoms with Crippen molar-refractivity contribution in [2.75, 3.05) is 18.5 Å². The first-order chi connectivity index (χ1) is 12.1. The zero-order valence-corrected chi connectivity index (χ0v) is 13.9. The van der Waals surface area contributed by atoms with E-state index in [1.807, 2.05) is 30.3 Å². The lowest BCUT2D eigenvalue weighted by Crippen LogP contribution is -2.29. The van der Waals surface area contributed by atoms with Gasteiger partial charge < -0.3 is 14.1 Å². The molecular weight excluding hydrogens is 322 g/mol. The number of rotatable bonds is 6. The molecule has 1 atom stereocenters. The third kappa shape index (κ3) is 4.17. The fraction of sp³-hybridized carbons (Fsp3) is 0.235. The molecule has 0 amide bonds. The summed E-state index contributed by atoms with van der Waals surface area (Å²) in [6, 6.07) is 11.1. The first kappa shape index (κ1) is 16.6. The van der Waals surface area contributed by atoms with E-state index in [9.17, 15) is 4.79 Å². The quantitative estimate of drug-likeness (QED) is 0.631. The number of ether oxygens (including phenoxy) is 1. The van der Waals surface area contributed by atoms with Crippen molar-refractivity contribution in [2.45, 2.75) is 13.0 Å². The van der Waals surface area contributed by atoms with Gasteiger partial charge in [-0.1, -0.05) is 18.2 Å². The summed E-state index contributed by atoms with van der Waals surface area (Å²) < 4.78 is 10.9. The average Bonchev–Trinajstić information content (AvgIpc) is 3.13. The van der Waals surface area contributed by atoms with Crippen LogP contribution < -0.4 is 4.90 Å². The number of carbonyl (C=O) groups excluding carboxylic acids is 1. The van der Waals surface area contributed by atoms with Crippen molar-refractivity contribution in [1.82, 2.24) is 20.2 Å². The molecule has 0 N–H and O–H groups in total. The zero-order valence-electron chi connectivity index (χ0n) is 13.9. The summed E-state index contributed by atoms with van der Waals surface area (Å²) >= 11 is 0. The monoisotopic (exact) mass is 339 g/mol. The molecule has 1 unspecified atom stereocenters. The number of hydrogen-bond acceptors (Lipinski definition) is 8. The van der Waals surface area contributed by atoms with E-state index in [0.717, 1.165) is 5.56 Å². The fourth-order valence-corrected chi connectivity index (χ4v) is 2.13. The van der Waals surface area contributed by atoms with Gasteiger partial charge in [0.25, 0.3) is 5.89 Å². The Balaban J connectivity index is 1.59. The van der Waals surface area contributed by atoms with Crippen molar-refractivity contribution in [1.29, 1.82) is 0 Å². The highest BCUT2D eigenvalue weighted by atomic mass is 16.6. The van der Waals surface area contributed by atoms with Crippen molar-refractivity contribution in [2.24, 2.45) is 0 Å². The molecular formula is C17H17N5O3. The second kappa shape index (κ2) is 7.52. The smallest absolute Gasteiger partial charge is 0.326 e. The van der Waals surface area contributed by atoms with E-state index in [-0.39, 0.29) is 12.4 Å². The Morgan fingerprint density at radius 2 is 1.88 bits per heavy atom. The van der Waals surface area contributed by atoms with Gasteiger partial charge in [0.15, 0.2) is 6.10 Å². The second-order valence-electron chi connectivity index (χ2n) is 5.35. The number of aromatic nitrogens is 4. The molecule has 25 heavy (non-hydrogen) atoms. The number of nitrogens with zero attached hydrogens (tertiary/aromatic N) is 5. The van der Waals surface area contributed by atoms with Gasteiger partial charge in [0, 0.05) is 25.0 Å². The number of likely N-dealkylation sites (N-methyl/N-ethyl adjacent to an activating group) is 1. The van der Waals surface area contributed by atoms with Gasteiger partial charge >= 0.3 is 5.97 Å². The van der Waals surface area contributed by atoms with Gasteiger partial charge in [-0.2, -0.15) is 0 Å². The van der Waals surface area contributed by atoms with E-state index in [2.05, 4.69) is 20.2 Å². The molecule has 8 heteroatoms. The summed E-state index contributed by atoms with van der Waals surface area (Å²) in [6.07, 6.45) is 2.56. The summed E-state index contributed by atoms with van der Waals surface area (Å²) in [4.78, 5) is 21.8. The molecule has 0 saturated heterocycles. The summed E-state index contributed by atoms with van der Waals surface area (Å²) in [5.41, 5.74) is 0.806. The summed E-state index contributed by atoms with van der Waals surface area (Å²) in [6.45, 7) is 1.69. The molecule has 0 fully saturated rings. The Labute approximate surface area is 144 Å². The highest BCUT2D eigenvalue weighted by Gasteiger charge is 2.20. The van der Waals surface area contributed by atoms with Gasteiger partial charge in [0.1, 0.15) is 6.54 Å². The Kier molecular flexibility index (Phi) is 4.98. The number of esters is 1. The number of hydrogen-bond donors (Lipinski definition) is 0. The van der Waals surface area contributed by atoms with Gasteiger partial charge in [-0.05, 0) is 25.1 Å². The Morgan fingerprint density at radius 1 is 1.16 bits per heavy atom. The lowest BCUT2D eigenvalue weighted by Gasteiger charge is -2.16. The highest BCUT2D eigenvalue weighted by Crippen LogP contribution is 2.22. The van der Waals surface area contributed by atoms with E-state index in [1.165, 1.54) is 0 Å². The van der Waals surface area contributed by atoms with Crippen LogP contribution in [0.15, 0.2) is 53.2 Å². The minimum absolute atomic E-state index is 0.00797. The molecule has 2 aromatic heterocycles. The lowest BCUT2D eigenvalue weighted by molar-refractivity contribution is -0.147. The minimum Gasteiger partial charge on any atom is -0.451 e. The van der Waals surface area contributed by atoms with Crippen LogP contribution in [0.1, 0.15) is 18.9 Å². The molecule has 0 aliphatic rings. The van der Waals surface area contributed by atoms with Crippen LogP contribution in [0.4, 0.5) is 5.95 Å². The van der Waals surface area contributed by atoms with Crippen molar-refractivity contribution in [3.63, 3.8) is 0 Å². The Hall–Kier alpha value is -3.29. The third-order valence-electron chi connectivity index (χ3n) is 3.38. The number of benzene rings is 1. The number of anilines is 1. The fourth-order valence-electron chi connectivity index (χ4n) is 2.13. The lowest BCUT2D eigenvalue weighted by atomic mass is 10.2. The standard InChI is InChI=1S/C17H17N5O3/c1-12(15-20-21-16(25-15)13-7-4-3-5-8-13)24-14(23)11-22(2)17-18-9-6-10-19-17/h3-10,12H,11H2,1-2H3. The van der Waals surface area contributed by atoms with E-state index in [1.54, 1.807) is 37.3 Å². The molecule has 0 bridgehead atoms. The normalized spacial score (nSPS) is 11.8. The predicted octanol–water partition coefficient (Wildman–Crippen LogP) is 2.27. The molecule has 128 valence electrons. The molecule has 0 aliphatic carbocycles. The SMILES string of the molecule is CC(OC(=O)CN(C)c1ncccn1)c1nnc(-c2ccccc2)o1. The Morgan fingerprint density at radius 3 is 2.60 bits per heavy atom. The first-order valence-electron chi connectivity index (χ1n) is 7.70. The predicted molar refractivity (Wildman–Crippen MR) is 89.5 cm³/mol. The van der Waals surface area contributed by atoms with Crippen molar-refractivity contribution >= 4 is 11.9 Å². The molecule has 0 aliphatic heterocycles. The molecule has 3 rings (SSSR count). The van der Waals surface area contributed by atoms with Crippen molar-refractivity contribution in [3.05, 3.63) is 54.7 Å². The zero-order chi connectivity index (χ0) is 17.6. The van der Waals surface area contributed by atoms with E-state index in [4.69, 9.17) is 9.15 Å². The van der Waals surface area contributed by atoms with Gasteiger partial charge in [-0.25, -0.2) is 9.97 Å². The summed E-state index contributed by atoms with van der Waals surface area (Å²) in [5.74, 6) is 0.622. The highest BCUT2D eigenvalue weighted by molar-refractivity contribution is 5.75. The maximum Gasteiger partial charge on any atom is 0.326 e. The minimum atomic E-state index is -0.650. The molecule has 1 aromatic carbocycles. The topological polar surface area (TPSA) is 94.2 Å². The van der Waals surface area contributed by atoms with E-state index >= 15 is 0 Å². The molecule has 8 nitrogen and oxygen atoms in total. The van der Waals surface area contributed by atoms with Crippen LogP contribution in [0.5, 0.6) is 0 Å². The molecule has 0 saturated carbocycles. The van der Waals surface area contributed by atoms with Crippen molar-refractivity contribution < 1.29 is 13.9 Å². The summed E-state index contributed by atoms with van der Waals surface area (Å²) in [5, 5.41) is 7.94. The van der Waals surface area contributed by atoms with Gasteiger partial charge in [0.2, 0.25) is 11.8 Å². The maximum atomic E-state index is 12.1. The van der Waals surface area contributed by atoms with Crippen LogP contribution in [0.2, 0.25) is 0 Å². The Bertz CT molecular complexity index is 823. The number of carbonyl (C=O) groups is 1. The van der Waals surface area contributed by atoms with Crippen LogP contribution in [-0.2, 0) is 9.53 Å². The molecule has 0 spiro atoms. The van der Waals surface area contributed by atoms with Crippen LogP contribution in [0, 0.1) is 0 Å². The van der Waals surface area contributed by atoms with Crippen LogP contribution in [-0.4, -0.2) is 39.7 Å². The van der Waals surface area contributed by atoms with Crippen LogP contribution in [0.3, 0.4) is 0 Å². The molecule has 2 heterocycles. The second-order valence-corrected chi connectivity index (χ2v) is 5.35. The largest absolute Gasteiger partial charge is 0.451 e. The molecule has 3 aromatic rings. The third-order valence-corrected chi connectivity index (χ3v) is 3.38.